The van der Waals surface area contributed by atoms with Crippen LogP contribution in [0.1, 0.15) is 12.5 Å². The summed E-state index contributed by atoms with van der Waals surface area (Å²) in [6, 6.07) is 14.0. The molecule has 1 atom stereocenters. The van der Waals surface area contributed by atoms with Gasteiger partial charge in [-0.2, -0.15) is 0 Å². The fourth-order valence-corrected chi connectivity index (χ4v) is 1.87. The van der Waals surface area contributed by atoms with Crippen molar-refractivity contribution in [2.75, 3.05) is 12.4 Å². The molecule has 0 radical (unpaired) electrons. The van der Waals surface area contributed by atoms with E-state index >= 15 is 0 Å². The standard InChI is InChI=1S/C17H19NO4/c1-12(17(20)18-15-8-3-4-9-16(15)19)22-11-13-6-5-7-14(10-13)21-2/h3-10,12,19H,11H2,1-2H3,(H,18,20). The van der Waals surface area contributed by atoms with E-state index in [1.54, 1.807) is 32.2 Å². The topological polar surface area (TPSA) is 67.8 Å². The van der Waals surface area contributed by atoms with Gasteiger partial charge < -0.3 is 19.9 Å². The molecule has 5 heteroatoms. The van der Waals surface area contributed by atoms with Crippen molar-refractivity contribution in [3.8, 4) is 11.5 Å². The molecule has 0 aliphatic heterocycles. The molecule has 2 rings (SSSR count). The maximum absolute atomic E-state index is 12.0. The Kier molecular flexibility index (Phi) is 5.38. The van der Waals surface area contributed by atoms with Crippen molar-refractivity contribution in [2.45, 2.75) is 19.6 Å². The number of hydrogen-bond acceptors (Lipinski definition) is 4. The summed E-state index contributed by atoms with van der Waals surface area (Å²) in [5.41, 5.74) is 1.28. The van der Waals surface area contributed by atoms with E-state index in [0.29, 0.717) is 12.3 Å². The minimum absolute atomic E-state index is 0.0239. The molecule has 0 bridgehead atoms. The molecule has 116 valence electrons. The molecule has 22 heavy (non-hydrogen) atoms. The molecule has 5 nitrogen and oxygen atoms in total. The largest absolute Gasteiger partial charge is 0.506 e. The van der Waals surface area contributed by atoms with Crippen LogP contribution in [-0.4, -0.2) is 24.2 Å². The Morgan fingerprint density at radius 1 is 1.23 bits per heavy atom. The van der Waals surface area contributed by atoms with Crippen LogP contribution in [0.2, 0.25) is 0 Å². The van der Waals surface area contributed by atoms with Crippen LogP contribution in [-0.2, 0) is 16.1 Å². The summed E-state index contributed by atoms with van der Waals surface area (Å²) >= 11 is 0. The van der Waals surface area contributed by atoms with Crippen molar-refractivity contribution in [2.24, 2.45) is 0 Å². The highest BCUT2D eigenvalue weighted by Crippen LogP contribution is 2.22. The first kappa shape index (κ1) is 15.9. The lowest BCUT2D eigenvalue weighted by Crippen LogP contribution is -2.27. The van der Waals surface area contributed by atoms with E-state index in [-0.39, 0.29) is 11.7 Å². The van der Waals surface area contributed by atoms with Crippen LogP contribution in [0.25, 0.3) is 0 Å². The summed E-state index contributed by atoms with van der Waals surface area (Å²) in [5, 5.41) is 12.3. The lowest BCUT2D eigenvalue weighted by molar-refractivity contribution is -0.127. The minimum Gasteiger partial charge on any atom is -0.506 e. The Morgan fingerprint density at radius 3 is 2.73 bits per heavy atom. The first-order valence-electron chi connectivity index (χ1n) is 6.93. The Morgan fingerprint density at radius 2 is 2.00 bits per heavy atom. The average molecular weight is 301 g/mol. The number of benzene rings is 2. The van der Waals surface area contributed by atoms with E-state index in [4.69, 9.17) is 9.47 Å². The van der Waals surface area contributed by atoms with Crippen LogP contribution in [0.15, 0.2) is 48.5 Å². The van der Waals surface area contributed by atoms with Gasteiger partial charge in [0.05, 0.1) is 19.4 Å². The number of nitrogens with one attached hydrogen (secondary N) is 1. The van der Waals surface area contributed by atoms with E-state index in [1.807, 2.05) is 24.3 Å². The number of anilines is 1. The number of carbonyl (C=O) groups excluding carboxylic acids is 1. The summed E-state index contributed by atoms with van der Waals surface area (Å²) in [4.78, 5) is 12.0. The number of methoxy groups -OCH3 is 1. The van der Waals surface area contributed by atoms with Gasteiger partial charge in [-0.25, -0.2) is 0 Å². The Balaban J connectivity index is 1.90. The zero-order valence-electron chi connectivity index (χ0n) is 12.6. The molecule has 0 saturated carbocycles. The van der Waals surface area contributed by atoms with Crippen molar-refractivity contribution in [1.82, 2.24) is 0 Å². The van der Waals surface area contributed by atoms with Gasteiger partial charge in [-0.3, -0.25) is 4.79 Å². The summed E-state index contributed by atoms with van der Waals surface area (Å²) in [7, 11) is 1.60. The van der Waals surface area contributed by atoms with Crippen LogP contribution in [0.4, 0.5) is 5.69 Å². The summed E-state index contributed by atoms with van der Waals surface area (Å²) < 4.78 is 10.7. The predicted molar refractivity (Wildman–Crippen MR) is 84.0 cm³/mol. The van der Waals surface area contributed by atoms with Crippen LogP contribution in [0.5, 0.6) is 11.5 Å². The van der Waals surface area contributed by atoms with Gasteiger partial charge in [0.1, 0.15) is 17.6 Å². The third kappa shape index (κ3) is 4.23. The molecule has 2 N–H and O–H groups in total. The van der Waals surface area contributed by atoms with Gasteiger partial charge in [0.2, 0.25) is 0 Å². The zero-order valence-corrected chi connectivity index (χ0v) is 12.6. The molecule has 0 fully saturated rings. The van der Waals surface area contributed by atoms with Crippen LogP contribution >= 0.6 is 0 Å². The summed E-state index contributed by atoms with van der Waals surface area (Å²) in [5.74, 6) is 0.452. The molecule has 0 saturated heterocycles. The molecular weight excluding hydrogens is 282 g/mol. The monoisotopic (exact) mass is 301 g/mol. The minimum atomic E-state index is -0.647. The van der Waals surface area contributed by atoms with E-state index in [2.05, 4.69) is 5.32 Å². The number of aromatic hydroxyl groups is 1. The molecule has 2 aromatic rings. The Labute approximate surface area is 129 Å². The molecule has 0 heterocycles. The Bertz CT molecular complexity index is 642. The normalized spacial score (nSPS) is 11.7. The first-order chi connectivity index (χ1) is 10.6. The van der Waals surface area contributed by atoms with Crippen molar-refractivity contribution in [3.05, 3.63) is 54.1 Å². The third-order valence-electron chi connectivity index (χ3n) is 3.17. The van der Waals surface area contributed by atoms with E-state index < -0.39 is 6.10 Å². The highest BCUT2D eigenvalue weighted by Gasteiger charge is 2.15. The summed E-state index contributed by atoms with van der Waals surface area (Å²) in [6.07, 6.45) is -0.647. The van der Waals surface area contributed by atoms with Crippen molar-refractivity contribution >= 4 is 11.6 Å². The number of carbonyl (C=O) groups is 1. The molecule has 1 unspecified atom stereocenters. The van der Waals surface area contributed by atoms with Crippen molar-refractivity contribution in [3.63, 3.8) is 0 Å². The van der Waals surface area contributed by atoms with Crippen molar-refractivity contribution in [1.29, 1.82) is 0 Å². The Hall–Kier alpha value is -2.53. The predicted octanol–water partition coefficient (Wildman–Crippen LogP) is 2.94. The second kappa shape index (κ2) is 7.47. The number of hydrogen-bond donors (Lipinski definition) is 2. The fourth-order valence-electron chi connectivity index (χ4n) is 1.87. The van der Waals surface area contributed by atoms with Gasteiger partial charge in [0.25, 0.3) is 5.91 Å². The molecule has 2 aromatic carbocycles. The lowest BCUT2D eigenvalue weighted by Gasteiger charge is -2.14. The molecule has 1 amide bonds. The molecule has 0 aromatic heterocycles. The number of rotatable bonds is 6. The van der Waals surface area contributed by atoms with Gasteiger partial charge in [-0.05, 0) is 36.8 Å². The van der Waals surface area contributed by atoms with Gasteiger partial charge in [-0.15, -0.1) is 0 Å². The van der Waals surface area contributed by atoms with Crippen LogP contribution < -0.4 is 10.1 Å². The van der Waals surface area contributed by atoms with Gasteiger partial charge in [-0.1, -0.05) is 24.3 Å². The maximum atomic E-state index is 12.0. The number of para-hydroxylation sites is 2. The second-order valence-corrected chi connectivity index (χ2v) is 4.81. The third-order valence-corrected chi connectivity index (χ3v) is 3.17. The smallest absolute Gasteiger partial charge is 0.253 e. The number of amides is 1. The average Bonchev–Trinajstić information content (AvgIpc) is 2.54. The fraction of sp³-hybridized carbons (Fsp3) is 0.235. The van der Waals surface area contributed by atoms with E-state index in [1.165, 1.54) is 6.07 Å². The highest BCUT2D eigenvalue weighted by atomic mass is 16.5. The molecule has 0 aliphatic carbocycles. The summed E-state index contributed by atoms with van der Waals surface area (Å²) in [6.45, 7) is 1.96. The lowest BCUT2D eigenvalue weighted by atomic mass is 10.2. The van der Waals surface area contributed by atoms with E-state index in [0.717, 1.165) is 11.3 Å². The molecular formula is C17H19NO4. The number of phenolic OH excluding ortho intramolecular Hbond substituents is 1. The molecule has 0 aliphatic rings. The quantitative estimate of drug-likeness (QED) is 0.805. The zero-order chi connectivity index (χ0) is 15.9. The number of phenols is 1. The van der Waals surface area contributed by atoms with Crippen LogP contribution in [0.3, 0.4) is 0 Å². The van der Waals surface area contributed by atoms with E-state index in [9.17, 15) is 9.90 Å². The highest BCUT2D eigenvalue weighted by molar-refractivity contribution is 5.95. The maximum Gasteiger partial charge on any atom is 0.253 e. The van der Waals surface area contributed by atoms with Crippen LogP contribution in [0, 0.1) is 0 Å². The van der Waals surface area contributed by atoms with Crippen molar-refractivity contribution < 1.29 is 19.4 Å². The van der Waals surface area contributed by atoms with Gasteiger partial charge >= 0.3 is 0 Å². The second-order valence-electron chi connectivity index (χ2n) is 4.81. The number of ether oxygens (including phenoxy) is 2. The van der Waals surface area contributed by atoms with Gasteiger partial charge in [0, 0.05) is 0 Å². The first-order valence-corrected chi connectivity index (χ1v) is 6.93. The molecule has 0 spiro atoms. The van der Waals surface area contributed by atoms with Gasteiger partial charge in [0.15, 0.2) is 0 Å². The SMILES string of the molecule is COc1cccc(COC(C)C(=O)Nc2ccccc2O)c1.